The largest absolute Gasteiger partial charge is 0.459 e. The Hall–Kier alpha value is -5.95. The van der Waals surface area contributed by atoms with E-state index in [1.54, 1.807) is 78.2 Å². The molecule has 0 radical (unpaired) electrons. The number of rotatable bonds is 10. The van der Waals surface area contributed by atoms with Gasteiger partial charge in [-0.2, -0.15) is 10.5 Å². The molecule has 0 amide bonds. The summed E-state index contributed by atoms with van der Waals surface area (Å²) in [6, 6.07) is 33.4. The molecule has 4 aromatic rings. The lowest BCUT2D eigenvalue weighted by molar-refractivity contribution is -0.226. The Bertz CT molecular complexity index is 1830. The molecule has 48 heavy (non-hydrogen) atoms. The van der Waals surface area contributed by atoms with Crippen LogP contribution in [0.15, 0.2) is 121 Å². The molecule has 1 fully saturated rings. The minimum atomic E-state index is -2.35. The van der Waals surface area contributed by atoms with Gasteiger partial charge in [0.05, 0.1) is 22.3 Å². The van der Waals surface area contributed by atoms with Crippen LogP contribution < -0.4 is 0 Å². The summed E-state index contributed by atoms with van der Waals surface area (Å²) in [6.45, 7) is -0.616. The summed E-state index contributed by atoms with van der Waals surface area (Å²) in [5.74, 6) is -3.50. The van der Waals surface area contributed by atoms with E-state index < -0.39 is 59.8 Å². The lowest BCUT2D eigenvalue weighted by Crippen LogP contribution is -2.66. The van der Waals surface area contributed by atoms with Crippen molar-refractivity contribution in [2.75, 3.05) is 6.61 Å². The van der Waals surface area contributed by atoms with Gasteiger partial charge in [0, 0.05) is 11.8 Å². The molecule has 240 valence electrons. The van der Waals surface area contributed by atoms with E-state index in [0.29, 0.717) is 11.8 Å². The minimum Gasteiger partial charge on any atom is -0.459 e. The number of esters is 4. The molecule has 0 aromatic heterocycles. The third-order valence-electron chi connectivity index (χ3n) is 7.18. The van der Waals surface area contributed by atoms with Gasteiger partial charge in [0.25, 0.3) is 4.93 Å². The van der Waals surface area contributed by atoms with E-state index in [0.717, 1.165) is 0 Å². The molecule has 4 aromatic carbocycles. The van der Waals surface area contributed by atoms with Gasteiger partial charge in [0.15, 0.2) is 18.3 Å². The fourth-order valence-corrected chi connectivity index (χ4v) is 5.52. The average Bonchev–Trinajstić information content (AvgIpc) is 3.14. The van der Waals surface area contributed by atoms with E-state index in [2.05, 4.69) is 0 Å². The fourth-order valence-electron chi connectivity index (χ4n) is 4.87. The molecule has 12 heteroatoms. The first kappa shape index (κ1) is 33.4. The summed E-state index contributed by atoms with van der Waals surface area (Å²) in [5.41, 5.74) is 0.488. The second kappa shape index (κ2) is 15.6. The lowest BCUT2D eigenvalue weighted by Gasteiger charge is -2.46. The first-order valence-electron chi connectivity index (χ1n) is 14.5. The van der Waals surface area contributed by atoms with Crippen molar-refractivity contribution in [2.24, 2.45) is 0 Å². The molecule has 0 saturated carbocycles. The molecule has 0 bridgehead atoms. The van der Waals surface area contributed by atoms with Crippen LogP contribution in [0, 0.1) is 22.0 Å². The Morgan fingerprint density at radius 1 is 0.604 bits per heavy atom. The maximum atomic E-state index is 13.5. The number of carbonyl (C=O) groups is 4. The quantitative estimate of drug-likeness (QED) is 0.122. The van der Waals surface area contributed by atoms with Gasteiger partial charge in [-0.3, -0.25) is 0 Å². The molecule has 5 atom stereocenters. The SMILES string of the molecule is N#CS[C@@]1(C#N)O[C@H](COC(=O)c2ccccc2)[C@@H](OC(=O)c2ccccc2)[C@H](OC(=O)c2ccccc2)[C@H]1OC(=O)c1ccccc1. The summed E-state index contributed by atoms with van der Waals surface area (Å²) in [6.07, 6.45) is -6.69. The van der Waals surface area contributed by atoms with Gasteiger partial charge < -0.3 is 23.7 Å². The van der Waals surface area contributed by atoms with Crippen molar-refractivity contribution in [3.05, 3.63) is 144 Å². The van der Waals surface area contributed by atoms with Crippen LogP contribution in [0.3, 0.4) is 0 Å². The maximum Gasteiger partial charge on any atom is 0.338 e. The van der Waals surface area contributed by atoms with Crippen molar-refractivity contribution >= 4 is 35.6 Å². The number of thiocyanates is 1. The Kier molecular flexibility index (Phi) is 10.8. The Morgan fingerprint density at radius 3 is 1.42 bits per heavy atom. The van der Waals surface area contributed by atoms with Crippen LogP contribution >= 0.6 is 11.8 Å². The second-order valence-electron chi connectivity index (χ2n) is 10.3. The summed E-state index contributed by atoms with van der Waals surface area (Å²) >= 11 is 0.296. The smallest absolute Gasteiger partial charge is 0.338 e. The Morgan fingerprint density at radius 2 is 1.00 bits per heavy atom. The Labute approximate surface area is 279 Å². The van der Waals surface area contributed by atoms with E-state index in [1.165, 1.54) is 48.5 Å². The number of carbonyl (C=O) groups excluding carboxylic acids is 4. The third-order valence-corrected chi connectivity index (χ3v) is 7.99. The van der Waals surface area contributed by atoms with Crippen LogP contribution in [0.2, 0.25) is 0 Å². The van der Waals surface area contributed by atoms with Gasteiger partial charge in [0.1, 0.15) is 24.2 Å². The molecule has 1 saturated heterocycles. The number of hydrogen-bond donors (Lipinski definition) is 0. The fraction of sp³-hybridized carbons (Fsp3) is 0.167. The maximum absolute atomic E-state index is 13.5. The number of nitrogens with zero attached hydrogens (tertiary/aromatic N) is 2. The molecule has 1 aliphatic heterocycles. The van der Waals surface area contributed by atoms with Crippen LogP contribution in [0.4, 0.5) is 0 Å². The number of ether oxygens (including phenoxy) is 5. The monoisotopic (exact) mass is 662 g/mol. The molecule has 1 heterocycles. The van der Waals surface area contributed by atoms with Gasteiger partial charge in [-0.05, 0) is 48.5 Å². The van der Waals surface area contributed by atoms with Crippen molar-refractivity contribution in [1.29, 1.82) is 10.5 Å². The molecular formula is C36H26N2O9S. The topological polar surface area (TPSA) is 162 Å². The van der Waals surface area contributed by atoms with Crippen LogP contribution in [-0.2, 0) is 23.7 Å². The minimum absolute atomic E-state index is 0.0798. The highest BCUT2D eigenvalue weighted by Crippen LogP contribution is 2.43. The van der Waals surface area contributed by atoms with E-state index in [-0.39, 0.29) is 22.3 Å². The zero-order valence-corrected chi connectivity index (χ0v) is 25.9. The molecular weight excluding hydrogens is 636 g/mol. The summed E-state index contributed by atoms with van der Waals surface area (Å²) in [5, 5.41) is 22.1. The Balaban J connectivity index is 1.59. The van der Waals surface area contributed by atoms with Crippen molar-refractivity contribution in [1.82, 2.24) is 0 Å². The molecule has 0 spiro atoms. The second-order valence-corrected chi connectivity index (χ2v) is 11.3. The highest BCUT2D eigenvalue weighted by atomic mass is 32.2. The van der Waals surface area contributed by atoms with Crippen LogP contribution in [0.5, 0.6) is 0 Å². The highest BCUT2D eigenvalue weighted by molar-refractivity contribution is 8.05. The standard InChI is InChI=1S/C36H26N2O9S/c37-22-36(48-23-38)31(46-35(42)27-19-11-4-12-20-27)30(45-34(41)26-17-9-3-10-18-26)29(44-33(40)25-15-7-2-8-16-25)28(47-36)21-43-32(39)24-13-5-1-6-14-24/h1-20,28-31H,21H2/t28-,29-,30+,31-,36-/m1/s1. The van der Waals surface area contributed by atoms with Crippen LogP contribution in [0.1, 0.15) is 41.4 Å². The van der Waals surface area contributed by atoms with Gasteiger partial charge in [0.2, 0.25) is 0 Å². The third kappa shape index (κ3) is 7.70. The summed E-state index contributed by atoms with van der Waals surface area (Å²) in [7, 11) is 0. The molecule has 0 unspecified atom stereocenters. The van der Waals surface area contributed by atoms with Crippen molar-refractivity contribution in [3.63, 3.8) is 0 Å². The molecule has 1 aliphatic rings. The normalized spacial score (nSPS) is 21.4. The first-order chi connectivity index (χ1) is 23.3. The van der Waals surface area contributed by atoms with E-state index >= 15 is 0 Å². The summed E-state index contributed by atoms with van der Waals surface area (Å²) in [4.78, 5) is 51.0. The predicted molar refractivity (Wildman–Crippen MR) is 170 cm³/mol. The van der Waals surface area contributed by atoms with Gasteiger partial charge >= 0.3 is 23.9 Å². The van der Waals surface area contributed by atoms with Gasteiger partial charge in [-0.15, -0.1) is 0 Å². The van der Waals surface area contributed by atoms with Crippen LogP contribution in [0.25, 0.3) is 0 Å². The van der Waals surface area contributed by atoms with Gasteiger partial charge in [-0.1, -0.05) is 72.8 Å². The number of hydrogen-bond acceptors (Lipinski definition) is 12. The average molecular weight is 663 g/mol. The van der Waals surface area contributed by atoms with Crippen molar-refractivity contribution < 1.29 is 42.9 Å². The van der Waals surface area contributed by atoms with E-state index in [4.69, 9.17) is 23.7 Å². The van der Waals surface area contributed by atoms with Gasteiger partial charge in [-0.25, -0.2) is 19.2 Å². The van der Waals surface area contributed by atoms with E-state index in [1.807, 2.05) is 6.07 Å². The first-order valence-corrected chi connectivity index (χ1v) is 15.3. The number of thioether (sulfide) groups is 1. The molecule has 0 aliphatic carbocycles. The zero-order chi connectivity index (χ0) is 33.9. The lowest BCUT2D eigenvalue weighted by atomic mass is 9.93. The van der Waals surface area contributed by atoms with Crippen LogP contribution in [-0.4, -0.2) is 59.8 Å². The van der Waals surface area contributed by atoms with Crippen molar-refractivity contribution in [2.45, 2.75) is 29.3 Å². The van der Waals surface area contributed by atoms with E-state index in [9.17, 15) is 29.7 Å². The summed E-state index contributed by atoms with van der Waals surface area (Å²) < 4.78 is 29.3. The molecule has 0 N–H and O–H groups in total. The zero-order valence-electron chi connectivity index (χ0n) is 25.0. The molecule has 11 nitrogen and oxygen atoms in total. The van der Waals surface area contributed by atoms with Crippen molar-refractivity contribution in [3.8, 4) is 11.5 Å². The number of benzene rings is 4. The molecule has 5 rings (SSSR count). The number of nitriles is 2. The predicted octanol–water partition coefficient (Wildman–Crippen LogP) is 5.35. The highest BCUT2D eigenvalue weighted by Gasteiger charge is 2.62.